The van der Waals surface area contributed by atoms with Gasteiger partial charge in [0.25, 0.3) is 0 Å². The van der Waals surface area contributed by atoms with Crippen LogP contribution in [-0.2, 0) is 6.54 Å². The summed E-state index contributed by atoms with van der Waals surface area (Å²) in [5.41, 5.74) is 0.968. The van der Waals surface area contributed by atoms with Crippen LogP contribution in [0.15, 0.2) is 41.3 Å². The molecule has 0 unspecified atom stereocenters. The monoisotopic (exact) mass is 405 g/mol. The number of hydrogen-bond donors (Lipinski definition) is 1. The molecule has 3 aromatic rings. The van der Waals surface area contributed by atoms with Crippen LogP contribution in [0.2, 0.25) is 0 Å². The molecule has 0 aliphatic heterocycles. The predicted molar refractivity (Wildman–Crippen MR) is 101 cm³/mol. The zero-order valence-corrected chi connectivity index (χ0v) is 15.9. The van der Waals surface area contributed by atoms with E-state index in [-0.39, 0.29) is 23.8 Å². The summed E-state index contributed by atoms with van der Waals surface area (Å²) in [6, 6.07) is 7.13. The highest BCUT2D eigenvalue weighted by atomic mass is 19.2. The second kappa shape index (κ2) is 8.26. The molecule has 0 amide bonds. The van der Waals surface area contributed by atoms with Gasteiger partial charge in [-0.3, -0.25) is 4.79 Å². The van der Waals surface area contributed by atoms with E-state index in [1.807, 2.05) is 13.0 Å². The maximum Gasteiger partial charge on any atom is 0.316 e. The number of nitrogens with zero attached hydrogens (tertiary/aromatic N) is 2. The van der Waals surface area contributed by atoms with Gasteiger partial charge in [-0.1, -0.05) is 6.07 Å². The van der Waals surface area contributed by atoms with Gasteiger partial charge in [0.05, 0.1) is 32.6 Å². The van der Waals surface area contributed by atoms with Gasteiger partial charge in [-0.15, -0.1) is 0 Å². The average Bonchev–Trinajstić information content (AvgIpc) is 2.68. The molecule has 6 nitrogen and oxygen atoms in total. The standard InChI is InChI=1S/C20H18F3N3O3/c1-11-4-5-16(28-2)15(6-11)24-20-25-19(27)17(29-3)10-26(20)9-12-7-13(21)18(23)14(22)8-12/h4-8,10H,9H2,1-3H3,(H,24,25,27). The summed E-state index contributed by atoms with van der Waals surface area (Å²) in [5, 5.41) is 3.00. The second-order valence-corrected chi connectivity index (χ2v) is 6.27. The van der Waals surface area contributed by atoms with Gasteiger partial charge in [-0.05, 0) is 42.3 Å². The molecular weight excluding hydrogens is 387 g/mol. The minimum absolute atomic E-state index is 0.0604. The Morgan fingerprint density at radius 2 is 1.69 bits per heavy atom. The third-order valence-corrected chi connectivity index (χ3v) is 4.18. The lowest BCUT2D eigenvalue weighted by atomic mass is 10.2. The van der Waals surface area contributed by atoms with Crippen molar-refractivity contribution in [2.75, 3.05) is 19.5 Å². The molecule has 0 bridgehead atoms. The number of halogens is 3. The number of benzene rings is 2. The Hall–Kier alpha value is -3.49. The molecule has 0 fully saturated rings. The van der Waals surface area contributed by atoms with Crippen LogP contribution in [0.1, 0.15) is 11.1 Å². The number of hydrogen-bond acceptors (Lipinski definition) is 5. The summed E-state index contributed by atoms with van der Waals surface area (Å²) in [6.07, 6.45) is 1.35. The first-order valence-corrected chi connectivity index (χ1v) is 8.53. The molecule has 0 aliphatic carbocycles. The molecule has 1 N–H and O–H groups in total. The van der Waals surface area contributed by atoms with Gasteiger partial charge in [0.2, 0.25) is 11.7 Å². The van der Waals surface area contributed by atoms with E-state index in [1.165, 1.54) is 25.0 Å². The Morgan fingerprint density at radius 3 is 2.31 bits per heavy atom. The Bertz CT molecular complexity index is 1090. The van der Waals surface area contributed by atoms with Crippen LogP contribution in [0.4, 0.5) is 24.8 Å². The van der Waals surface area contributed by atoms with Crippen molar-refractivity contribution in [2.24, 2.45) is 0 Å². The van der Waals surface area contributed by atoms with Crippen LogP contribution in [0, 0.1) is 24.4 Å². The molecule has 152 valence electrons. The number of anilines is 2. The summed E-state index contributed by atoms with van der Waals surface area (Å²) >= 11 is 0. The summed E-state index contributed by atoms with van der Waals surface area (Å²) in [6.45, 7) is 1.78. The molecule has 0 spiro atoms. The zero-order valence-electron chi connectivity index (χ0n) is 15.9. The number of aromatic nitrogens is 2. The largest absolute Gasteiger partial charge is 0.495 e. The Labute approximate surface area is 164 Å². The van der Waals surface area contributed by atoms with Crippen LogP contribution in [0.3, 0.4) is 0 Å². The van der Waals surface area contributed by atoms with E-state index in [4.69, 9.17) is 9.47 Å². The summed E-state index contributed by atoms with van der Waals surface area (Å²) in [7, 11) is 2.80. The summed E-state index contributed by atoms with van der Waals surface area (Å²) in [5.74, 6) is -3.63. The van der Waals surface area contributed by atoms with E-state index in [1.54, 1.807) is 12.1 Å². The number of methoxy groups -OCH3 is 2. The van der Waals surface area contributed by atoms with Crippen LogP contribution in [-0.4, -0.2) is 23.8 Å². The van der Waals surface area contributed by atoms with Crippen molar-refractivity contribution in [1.82, 2.24) is 9.55 Å². The smallest absolute Gasteiger partial charge is 0.316 e. The van der Waals surface area contributed by atoms with Crippen molar-refractivity contribution >= 4 is 11.6 Å². The molecule has 0 aliphatic rings. The first-order chi connectivity index (χ1) is 13.8. The van der Waals surface area contributed by atoms with Crippen LogP contribution in [0.5, 0.6) is 11.5 Å². The summed E-state index contributed by atoms with van der Waals surface area (Å²) in [4.78, 5) is 16.1. The molecule has 29 heavy (non-hydrogen) atoms. The Balaban J connectivity index is 2.07. The maximum atomic E-state index is 13.6. The number of aryl methyl sites for hydroxylation is 1. The van der Waals surface area contributed by atoms with E-state index in [9.17, 15) is 18.0 Å². The fourth-order valence-corrected chi connectivity index (χ4v) is 2.77. The molecule has 1 heterocycles. The van der Waals surface area contributed by atoms with Gasteiger partial charge in [0.15, 0.2) is 17.5 Å². The lowest BCUT2D eigenvalue weighted by molar-refractivity contribution is 0.402. The molecule has 0 radical (unpaired) electrons. The van der Waals surface area contributed by atoms with Crippen LogP contribution < -0.4 is 20.3 Å². The Morgan fingerprint density at radius 1 is 1.03 bits per heavy atom. The average molecular weight is 405 g/mol. The first-order valence-electron chi connectivity index (χ1n) is 8.53. The van der Waals surface area contributed by atoms with Crippen LogP contribution in [0.25, 0.3) is 0 Å². The minimum atomic E-state index is -1.55. The molecular formula is C20H18F3N3O3. The number of rotatable bonds is 6. The van der Waals surface area contributed by atoms with Gasteiger partial charge >= 0.3 is 5.56 Å². The van der Waals surface area contributed by atoms with Crippen molar-refractivity contribution in [1.29, 1.82) is 0 Å². The topological polar surface area (TPSA) is 65.4 Å². The predicted octanol–water partition coefficient (Wildman–Crippen LogP) is 3.78. The molecule has 9 heteroatoms. The van der Waals surface area contributed by atoms with Gasteiger partial charge in [-0.2, -0.15) is 4.98 Å². The third-order valence-electron chi connectivity index (χ3n) is 4.18. The van der Waals surface area contributed by atoms with E-state index < -0.39 is 23.0 Å². The van der Waals surface area contributed by atoms with E-state index in [0.717, 1.165) is 17.7 Å². The zero-order chi connectivity index (χ0) is 21.1. The van der Waals surface area contributed by atoms with E-state index in [2.05, 4.69) is 10.3 Å². The SMILES string of the molecule is COc1ccc(C)cc1Nc1nc(=O)c(OC)cn1Cc1cc(F)c(F)c(F)c1. The third kappa shape index (κ3) is 4.34. The lowest BCUT2D eigenvalue weighted by Crippen LogP contribution is -2.19. The highest BCUT2D eigenvalue weighted by Gasteiger charge is 2.15. The van der Waals surface area contributed by atoms with Crippen molar-refractivity contribution in [3.63, 3.8) is 0 Å². The second-order valence-electron chi connectivity index (χ2n) is 6.27. The first kappa shape index (κ1) is 20.2. The lowest BCUT2D eigenvalue weighted by Gasteiger charge is -2.17. The molecule has 0 saturated heterocycles. The van der Waals surface area contributed by atoms with Crippen molar-refractivity contribution < 1.29 is 22.6 Å². The summed E-state index contributed by atoms with van der Waals surface area (Å²) < 4.78 is 52.2. The van der Waals surface area contributed by atoms with E-state index in [0.29, 0.717) is 11.4 Å². The molecule has 2 aromatic carbocycles. The maximum absolute atomic E-state index is 13.6. The highest BCUT2D eigenvalue weighted by molar-refractivity contribution is 5.64. The molecule has 0 atom stereocenters. The van der Waals surface area contributed by atoms with Gasteiger partial charge in [-0.25, -0.2) is 13.2 Å². The molecule has 0 saturated carbocycles. The number of ether oxygens (including phenoxy) is 2. The van der Waals surface area contributed by atoms with E-state index >= 15 is 0 Å². The highest BCUT2D eigenvalue weighted by Crippen LogP contribution is 2.28. The van der Waals surface area contributed by atoms with Crippen molar-refractivity contribution in [2.45, 2.75) is 13.5 Å². The molecule has 1 aromatic heterocycles. The van der Waals surface area contributed by atoms with Crippen molar-refractivity contribution in [3.8, 4) is 11.5 Å². The van der Waals surface area contributed by atoms with Crippen molar-refractivity contribution in [3.05, 3.63) is 75.5 Å². The quantitative estimate of drug-likeness (QED) is 0.633. The Kier molecular flexibility index (Phi) is 5.76. The molecule has 3 rings (SSSR count). The van der Waals surface area contributed by atoms with Gasteiger partial charge < -0.3 is 19.4 Å². The van der Waals surface area contributed by atoms with Crippen LogP contribution >= 0.6 is 0 Å². The number of nitrogens with one attached hydrogen (secondary N) is 1. The van der Waals surface area contributed by atoms with Gasteiger partial charge in [0.1, 0.15) is 5.75 Å². The fraction of sp³-hybridized carbons (Fsp3) is 0.200. The fourth-order valence-electron chi connectivity index (χ4n) is 2.77. The normalized spacial score (nSPS) is 10.7. The minimum Gasteiger partial charge on any atom is -0.495 e. The van der Waals surface area contributed by atoms with Gasteiger partial charge in [0, 0.05) is 0 Å².